The molecule has 1 aromatic heterocycles. The van der Waals surface area contributed by atoms with E-state index in [1.807, 2.05) is 12.1 Å². The summed E-state index contributed by atoms with van der Waals surface area (Å²) in [5, 5.41) is 11.0. The third kappa shape index (κ3) is 3.67. The van der Waals surface area contributed by atoms with Gasteiger partial charge in [-0.1, -0.05) is 12.1 Å². The molecule has 0 unspecified atom stereocenters. The number of methoxy groups -OCH3 is 1. The van der Waals surface area contributed by atoms with Crippen LogP contribution in [-0.4, -0.2) is 23.6 Å². The minimum atomic E-state index is -0.551. The van der Waals surface area contributed by atoms with E-state index >= 15 is 0 Å². The molecular weight excluding hydrogens is 274 g/mol. The molecule has 1 aromatic carbocycles. The zero-order valence-electron chi connectivity index (χ0n) is 11.5. The predicted molar refractivity (Wildman–Crippen MR) is 76.7 cm³/mol. The molecule has 0 aliphatic carbocycles. The van der Waals surface area contributed by atoms with Crippen LogP contribution in [0.15, 0.2) is 36.4 Å². The van der Waals surface area contributed by atoms with Crippen molar-refractivity contribution in [3.63, 3.8) is 0 Å². The second-order valence-corrected chi connectivity index (χ2v) is 4.22. The van der Waals surface area contributed by atoms with Gasteiger partial charge < -0.3 is 15.2 Å². The van der Waals surface area contributed by atoms with Gasteiger partial charge in [0.25, 0.3) is 0 Å². The lowest BCUT2D eigenvalue weighted by Gasteiger charge is -2.07. The Kier molecular flexibility index (Phi) is 4.68. The van der Waals surface area contributed by atoms with Crippen molar-refractivity contribution in [1.82, 2.24) is 4.98 Å². The molecule has 0 radical (unpaired) electrons. The lowest BCUT2D eigenvalue weighted by molar-refractivity contribution is -0.386. The molecule has 0 fully saturated rings. The fourth-order valence-electron chi connectivity index (χ4n) is 1.75. The standard InChI is InChI=1S/C14H15N3O4/c1-20-13-7-6-12(17(18)19)14(16-13)21-11-4-2-10(3-5-11)8-9-15/h2-7H,8-9,15H2,1H3. The third-order valence-electron chi connectivity index (χ3n) is 2.79. The fourth-order valence-corrected chi connectivity index (χ4v) is 1.75. The van der Waals surface area contributed by atoms with Gasteiger partial charge in [0.2, 0.25) is 5.88 Å². The molecule has 0 aliphatic heterocycles. The van der Waals surface area contributed by atoms with Gasteiger partial charge in [-0.15, -0.1) is 0 Å². The number of pyridine rings is 1. The number of aromatic nitrogens is 1. The molecule has 0 aliphatic rings. The molecule has 2 aromatic rings. The normalized spacial score (nSPS) is 10.2. The van der Waals surface area contributed by atoms with E-state index in [-0.39, 0.29) is 17.4 Å². The smallest absolute Gasteiger partial charge is 0.331 e. The lowest BCUT2D eigenvalue weighted by Crippen LogP contribution is -2.02. The summed E-state index contributed by atoms with van der Waals surface area (Å²) >= 11 is 0. The number of rotatable bonds is 6. The monoisotopic (exact) mass is 289 g/mol. The molecule has 0 spiro atoms. The molecule has 0 amide bonds. The first kappa shape index (κ1) is 14.7. The van der Waals surface area contributed by atoms with Crippen molar-refractivity contribution < 1.29 is 14.4 Å². The second-order valence-electron chi connectivity index (χ2n) is 4.22. The van der Waals surface area contributed by atoms with Crippen LogP contribution in [0.25, 0.3) is 0 Å². The van der Waals surface area contributed by atoms with Crippen molar-refractivity contribution in [2.75, 3.05) is 13.7 Å². The minimum absolute atomic E-state index is 0.106. The molecular formula is C14H15N3O4. The number of hydrogen-bond acceptors (Lipinski definition) is 6. The molecule has 1 heterocycles. The molecule has 2 rings (SSSR count). The molecule has 7 heteroatoms. The summed E-state index contributed by atoms with van der Waals surface area (Å²) in [5.41, 5.74) is 6.32. The van der Waals surface area contributed by atoms with Gasteiger partial charge in [0.15, 0.2) is 0 Å². The highest BCUT2D eigenvalue weighted by Crippen LogP contribution is 2.31. The largest absolute Gasteiger partial charge is 0.481 e. The molecule has 0 atom stereocenters. The van der Waals surface area contributed by atoms with E-state index in [0.717, 1.165) is 12.0 Å². The first-order valence-corrected chi connectivity index (χ1v) is 6.30. The van der Waals surface area contributed by atoms with Crippen molar-refractivity contribution >= 4 is 5.69 Å². The molecule has 21 heavy (non-hydrogen) atoms. The van der Waals surface area contributed by atoms with Gasteiger partial charge in [-0.25, -0.2) is 0 Å². The Morgan fingerprint density at radius 1 is 1.24 bits per heavy atom. The first-order valence-electron chi connectivity index (χ1n) is 6.30. The summed E-state index contributed by atoms with van der Waals surface area (Å²) in [6.45, 7) is 0.559. The molecule has 7 nitrogen and oxygen atoms in total. The van der Waals surface area contributed by atoms with Crippen molar-refractivity contribution in [3.8, 4) is 17.5 Å². The van der Waals surface area contributed by atoms with Gasteiger partial charge in [0.1, 0.15) is 5.75 Å². The first-order chi connectivity index (χ1) is 10.1. The highest BCUT2D eigenvalue weighted by Gasteiger charge is 2.18. The van der Waals surface area contributed by atoms with Crippen LogP contribution in [0.2, 0.25) is 0 Å². The quantitative estimate of drug-likeness (QED) is 0.646. The topological polar surface area (TPSA) is 101 Å². The maximum absolute atomic E-state index is 11.0. The number of nitrogens with two attached hydrogens (primary N) is 1. The van der Waals surface area contributed by atoms with Crippen LogP contribution in [0, 0.1) is 10.1 Å². The fraction of sp³-hybridized carbons (Fsp3) is 0.214. The number of nitro groups is 1. The Balaban J connectivity index is 2.26. The van der Waals surface area contributed by atoms with Gasteiger partial charge in [-0.2, -0.15) is 4.98 Å². The zero-order chi connectivity index (χ0) is 15.2. The highest BCUT2D eigenvalue weighted by atomic mass is 16.6. The van der Waals surface area contributed by atoms with E-state index in [1.165, 1.54) is 19.2 Å². The summed E-state index contributed by atoms with van der Waals surface area (Å²) in [6, 6.07) is 9.85. The number of benzene rings is 1. The summed E-state index contributed by atoms with van der Waals surface area (Å²) in [6.07, 6.45) is 0.762. The van der Waals surface area contributed by atoms with Gasteiger partial charge >= 0.3 is 11.6 Å². The highest BCUT2D eigenvalue weighted by molar-refractivity contribution is 5.45. The Morgan fingerprint density at radius 2 is 1.95 bits per heavy atom. The van der Waals surface area contributed by atoms with Crippen LogP contribution >= 0.6 is 0 Å². The van der Waals surface area contributed by atoms with Crippen LogP contribution in [0.4, 0.5) is 5.69 Å². The van der Waals surface area contributed by atoms with Crippen molar-refractivity contribution in [3.05, 3.63) is 52.1 Å². The molecule has 0 saturated heterocycles. The van der Waals surface area contributed by atoms with Crippen LogP contribution in [0.1, 0.15) is 5.56 Å². The van der Waals surface area contributed by atoms with Gasteiger partial charge in [0.05, 0.1) is 12.0 Å². The molecule has 110 valence electrons. The van der Waals surface area contributed by atoms with Gasteiger partial charge in [-0.3, -0.25) is 10.1 Å². The van der Waals surface area contributed by atoms with E-state index in [0.29, 0.717) is 12.3 Å². The Bertz CT molecular complexity index is 629. The number of ether oxygens (including phenoxy) is 2. The van der Waals surface area contributed by atoms with E-state index in [9.17, 15) is 10.1 Å². The van der Waals surface area contributed by atoms with Crippen molar-refractivity contribution in [1.29, 1.82) is 0 Å². The summed E-state index contributed by atoms with van der Waals surface area (Å²) < 4.78 is 10.4. The Morgan fingerprint density at radius 3 is 2.52 bits per heavy atom. The number of nitrogens with zero attached hydrogens (tertiary/aromatic N) is 2. The minimum Gasteiger partial charge on any atom is -0.481 e. The summed E-state index contributed by atoms with van der Waals surface area (Å²) in [4.78, 5) is 14.4. The molecule has 2 N–H and O–H groups in total. The van der Waals surface area contributed by atoms with Crippen molar-refractivity contribution in [2.45, 2.75) is 6.42 Å². The predicted octanol–water partition coefficient (Wildman–Crippen LogP) is 2.29. The third-order valence-corrected chi connectivity index (χ3v) is 2.79. The van der Waals surface area contributed by atoms with E-state index < -0.39 is 4.92 Å². The SMILES string of the molecule is COc1ccc([N+](=O)[O-])c(Oc2ccc(CCN)cc2)n1. The van der Waals surface area contributed by atoms with Crippen LogP contribution in [-0.2, 0) is 6.42 Å². The Hall–Kier alpha value is -2.67. The van der Waals surface area contributed by atoms with Crippen LogP contribution < -0.4 is 15.2 Å². The van der Waals surface area contributed by atoms with Gasteiger partial charge in [0, 0.05) is 12.1 Å². The molecule has 0 bridgehead atoms. The average Bonchev–Trinajstić information content (AvgIpc) is 2.49. The summed E-state index contributed by atoms with van der Waals surface area (Å²) in [7, 11) is 1.43. The van der Waals surface area contributed by atoms with Crippen LogP contribution in [0.5, 0.6) is 17.5 Å². The maximum atomic E-state index is 11.0. The Labute approximate surface area is 121 Å². The van der Waals surface area contributed by atoms with Gasteiger partial charge in [-0.05, 0) is 30.7 Å². The number of hydrogen-bond donors (Lipinski definition) is 1. The van der Waals surface area contributed by atoms with Crippen molar-refractivity contribution in [2.24, 2.45) is 5.73 Å². The average molecular weight is 289 g/mol. The van der Waals surface area contributed by atoms with E-state index in [4.69, 9.17) is 15.2 Å². The summed E-state index contributed by atoms with van der Waals surface area (Å²) in [5.74, 6) is 0.598. The zero-order valence-corrected chi connectivity index (χ0v) is 11.5. The van der Waals surface area contributed by atoms with E-state index in [1.54, 1.807) is 12.1 Å². The molecule has 0 saturated carbocycles. The lowest BCUT2D eigenvalue weighted by atomic mass is 10.1. The van der Waals surface area contributed by atoms with Crippen LogP contribution in [0.3, 0.4) is 0 Å². The maximum Gasteiger partial charge on any atom is 0.331 e. The van der Waals surface area contributed by atoms with E-state index in [2.05, 4.69) is 4.98 Å². The second kappa shape index (κ2) is 6.67.